The molecule has 130 valence electrons. The molecule has 1 heterocycles. The molecule has 6 heteroatoms. The van der Waals surface area contributed by atoms with E-state index in [1.807, 2.05) is 24.3 Å². The first kappa shape index (κ1) is 17.0. The van der Waals surface area contributed by atoms with Crippen molar-refractivity contribution in [2.24, 2.45) is 5.92 Å². The second-order valence-electron chi connectivity index (χ2n) is 5.95. The van der Waals surface area contributed by atoms with Gasteiger partial charge in [-0.2, -0.15) is 0 Å². The van der Waals surface area contributed by atoms with Crippen molar-refractivity contribution >= 4 is 17.5 Å². The molecule has 0 bridgehead atoms. The van der Waals surface area contributed by atoms with Crippen LogP contribution in [0.2, 0.25) is 0 Å². The molecule has 0 aromatic heterocycles. The molecule has 0 saturated carbocycles. The molecule has 2 aromatic carbocycles. The fraction of sp³-hybridized carbons (Fsp3) is 0.263. The van der Waals surface area contributed by atoms with Gasteiger partial charge in [0.25, 0.3) is 0 Å². The molecule has 1 saturated heterocycles. The first-order chi connectivity index (χ1) is 12.1. The summed E-state index contributed by atoms with van der Waals surface area (Å²) in [6.07, 6.45) is 0.159. The van der Waals surface area contributed by atoms with Crippen molar-refractivity contribution in [3.8, 4) is 5.75 Å². The van der Waals surface area contributed by atoms with Gasteiger partial charge in [0.05, 0.1) is 13.0 Å². The molecule has 2 aromatic rings. The third-order valence-electron chi connectivity index (χ3n) is 4.26. The van der Waals surface area contributed by atoms with Crippen LogP contribution in [0.1, 0.15) is 12.0 Å². The average Bonchev–Trinajstić information content (AvgIpc) is 3.02. The number of carbonyl (C=O) groups is 2. The molecular formula is C19H19FN2O3. The quantitative estimate of drug-likeness (QED) is 0.908. The van der Waals surface area contributed by atoms with Crippen LogP contribution in [0.5, 0.6) is 5.75 Å². The molecular weight excluding hydrogens is 323 g/mol. The zero-order chi connectivity index (χ0) is 17.8. The standard InChI is InChI=1S/C19H19FN2O3/c1-25-17-8-2-13(3-9-17)11-21-19(24)14-10-18(23)22(12-14)16-6-4-15(20)5-7-16/h2-9,14H,10-12H2,1H3,(H,21,24)/t14-/m1/s1. The summed E-state index contributed by atoms with van der Waals surface area (Å²) < 4.78 is 18.1. The van der Waals surface area contributed by atoms with E-state index in [0.717, 1.165) is 11.3 Å². The lowest BCUT2D eigenvalue weighted by Crippen LogP contribution is -2.32. The van der Waals surface area contributed by atoms with Crippen LogP contribution in [-0.4, -0.2) is 25.5 Å². The van der Waals surface area contributed by atoms with E-state index in [1.165, 1.54) is 17.0 Å². The molecule has 0 spiro atoms. The van der Waals surface area contributed by atoms with Gasteiger partial charge in [0, 0.05) is 25.2 Å². The van der Waals surface area contributed by atoms with Gasteiger partial charge in [0.15, 0.2) is 0 Å². The summed E-state index contributed by atoms with van der Waals surface area (Å²) in [5.74, 6) is -0.295. The molecule has 1 fully saturated rings. The number of rotatable bonds is 5. The van der Waals surface area contributed by atoms with Crippen LogP contribution >= 0.6 is 0 Å². The van der Waals surface area contributed by atoms with Gasteiger partial charge in [-0.1, -0.05) is 12.1 Å². The topological polar surface area (TPSA) is 58.6 Å². The van der Waals surface area contributed by atoms with E-state index in [0.29, 0.717) is 18.8 Å². The van der Waals surface area contributed by atoms with Gasteiger partial charge in [0.1, 0.15) is 11.6 Å². The van der Waals surface area contributed by atoms with E-state index >= 15 is 0 Å². The van der Waals surface area contributed by atoms with E-state index < -0.39 is 5.92 Å². The minimum atomic E-state index is -0.407. The predicted molar refractivity (Wildman–Crippen MR) is 91.7 cm³/mol. The van der Waals surface area contributed by atoms with Gasteiger partial charge >= 0.3 is 0 Å². The molecule has 1 aliphatic heterocycles. The number of anilines is 1. The van der Waals surface area contributed by atoms with Crippen molar-refractivity contribution in [2.45, 2.75) is 13.0 Å². The molecule has 3 rings (SSSR count). The van der Waals surface area contributed by atoms with Gasteiger partial charge in [-0.25, -0.2) is 4.39 Å². The van der Waals surface area contributed by atoms with E-state index in [-0.39, 0.29) is 24.1 Å². The third kappa shape index (κ3) is 3.96. The summed E-state index contributed by atoms with van der Waals surface area (Å²) in [6, 6.07) is 13.1. The first-order valence-electron chi connectivity index (χ1n) is 8.03. The van der Waals surface area contributed by atoms with Crippen LogP contribution in [0.3, 0.4) is 0 Å². The molecule has 0 unspecified atom stereocenters. The number of hydrogen-bond acceptors (Lipinski definition) is 3. The van der Waals surface area contributed by atoms with Crippen molar-refractivity contribution < 1.29 is 18.7 Å². The Balaban J connectivity index is 1.57. The Kier molecular flexibility index (Phi) is 4.97. The summed E-state index contributed by atoms with van der Waals surface area (Å²) in [7, 11) is 1.60. The van der Waals surface area contributed by atoms with Gasteiger partial charge in [0.2, 0.25) is 11.8 Å². The van der Waals surface area contributed by atoms with Crippen LogP contribution in [-0.2, 0) is 16.1 Å². The third-order valence-corrected chi connectivity index (χ3v) is 4.26. The zero-order valence-corrected chi connectivity index (χ0v) is 13.9. The number of halogens is 1. The fourth-order valence-corrected chi connectivity index (χ4v) is 2.83. The van der Waals surface area contributed by atoms with E-state index in [4.69, 9.17) is 4.74 Å². The average molecular weight is 342 g/mol. The van der Waals surface area contributed by atoms with Crippen LogP contribution in [0, 0.1) is 11.7 Å². The summed E-state index contributed by atoms with van der Waals surface area (Å²) in [5.41, 5.74) is 1.56. The molecule has 25 heavy (non-hydrogen) atoms. The molecule has 5 nitrogen and oxygen atoms in total. The number of nitrogens with one attached hydrogen (secondary N) is 1. The molecule has 1 N–H and O–H groups in total. The lowest BCUT2D eigenvalue weighted by molar-refractivity contribution is -0.126. The number of benzene rings is 2. The Morgan fingerprint density at radius 3 is 2.52 bits per heavy atom. The highest BCUT2D eigenvalue weighted by atomic mass is 19.1. The molecule has 2 amide bonds. The molecule has 1 aliphatic rings. The highest BCUT2D eigenvalue weighted by Gasteiger charge is 2.34. The fourth-order valence-electron chi connectivity index (χ4n) is 2.83. The number of amides is 2. The number of carbonyl (C=O) groups excluding carboxylic acids is 2. The second kappa shape index (κ2) is 7.34. The van der Waals surface area contributed by atoms with Gasteiger partial charge < -0.3 is 15.0 Å². The number of hydrogen-bond donors (Lipinski definition) is 1. The van der Waals surface area contributed by atoms with Crippen LogP contribution in [0.25, 0.3) is 0 Å². The Labute approximate surface area is 145 Å². The summed E-state index contributed by atoms with van der Waals surface area (Å²) in [4.78, 5) is 26.0. The van der Waals surface area contributed by atoms with Crippen molar-refractivity contribution in [3.63, 3.8) is 0 Å². The lowest BCUT2D eigenvalue weighted by Gasteiger charge is -2.16. The highest BCUT2D eigenvalue weighted by Crippen LogP contribution is 2.25. The van der Waals surface area contributed by atoms with Gasteiger partial charge in [-0.15, -0.1) is 0 Å². The predicted octanol–water partition coefficient (Wildman–Crippen LogP) is 2.50. The normalized spacial score (nSPS) is 16.8. The summed E-state index contributed by atoms with van der Waals surface area (Å²) >= 11 is 0. The summed E-state index contributed by atoms with van der Waals surface area (Å²) in [5, 5.41) is 2.86. The number of methoxy groups -OCH3 is 1. The van der Waals surface area contributed by atoms with Gasteiger partial charge in [-0.05, 0) is 42.0 Å². The van der Waals surface area contributed by atoms with Crippen LogP contribution < -0.4 is 15.0 Å². The molecule has 1 atom stereocenters. The monoisotopic (exact) mass is 342 g/mol. The Morgan fingerprint density at radius 2 is 1.88 bits per heavy atom. The zero-order valence-electron chi connectivity index (χ0n) is 13.9. The van der Waals surface area contributed by atoms with E-state index in [1.54, 1.807) is 19.2 Å². The first-order valence-corrected chi connectivity index (χ1v) is 8.03. The van der Waals surface area contributed by atoms with Crippen molar-refractivity contribution in [3.05, 3.63) is 59.9 Å². The van der Waals surface area contributed by atoms with Crippen molar-refractivity contribution in [1.82, 2.24) is 5.32 Å². The highest BCUT2D eigenvalue weighted by molar-refractivity contribution is 6.00. The number of nitrogens with zero attached hydrogens (tertiary/aromatic N) is 1. The molecule has 0 radical (unpaired) electrons. The molecule has 0 aliphatic carbocycles. The Morgan fingerprint density at radius 1 is 1.20 bits per heavy atom. The van der Waals surface area contributed by atoms with E-state index in [9.17, 15) is 14.0 Å². The maximum absolute atomic E-state index is 13.0. The van der Waals surface area contributed by atoms with Crippen molar-refractivity contribution in [1.29, 1.82) is 0 Å². The van der Waals surface area contributed by atoms with Crippen LogP contribution in [0.15, 0.2) is 48.5 Å². The minimum absolute atomic E-state index is 0.129. The summed E-state index contributed by atoms with van der Waals surface area (Å²) in [6.45, 7) is 0.697. The largest absolute Gasteiger partial charge is 0.497 e. The van der Waals surface area contributed by atoms with Crippen molar-refractivity contribution in [2.75, 3.05) is 18.6 Å². The Hall–Kier alpha value is -2.89. The van der Waals surface area contributed by atoms with Gasteiger partial charge in [-0.3, -0.25) is 9.59 Å². The SMILES string of the molecule is COc1ccc(CNC(=O)[C@@H]2CC(=O)N(c3ccc(F)cc3)C2)cc1. The number of ether oxygens (including phenoxy) is 1. The second-order valence-corrected chi connectivity index (χ2v) is 5.95. The minimum Gasteiger partial charge on any atom is -0.497 e. The maximum Gasteiger partial charge on any atom is 0.227 e. The Bertz CT molecular complexity index is 759. The van der Waals surface area contributed by atoms with E-state index in [2.05, 4.69) is 5.32 Å². The lowest BCUT2D eigenvalue weighted by atomic mass is 10.1. The smallest absolute Gasteiger partial charge is 0.227 e. The maximum atomic E-state index is 13.0. The van der Waals surface area contributed by atoms with Crippen LogP contribution in [0.4, 0.5) is 10.1 Å².